The second-order valence-corrected chi connectivity index (χ2v) is 7.36. The highest BCUT2D eigenvalue weighted by Crippen LogP contribution is 2.59. The van der Waals surface area contributed by atoms with Crippen LogP contribution in [-0.2, 0) is 4.79 Å². The summed E-state index contributed by atoms with van der Waals surface area (Å²) in [5.41, 5.74) is 1.90. The second kappa shape index (κ2) is 11.2. The largest absolute Gasteiger partial charge is 0.460 e. The Labute approximate surface area is 178 Å². The molecule has 1 N–H and O–H groups in total. The number of hydrogen-bond acceptors (Lipinski definition) is 2. The van der Waals surface area contributed by atoms with Gasteiger partial charge in [-0.15, -0.1) is 0 Å². The first-order valence-electron chi connectivity index (χ1n) is 10.00. The summed E-state index contributed by atoms with van der Waals surface area (Å²) in [5.74, 6) is -33.6. The van der Waals surface area contributed by atoms with Crippen molar-refractivity contribution in [3.63, 3.8) is 0 Å². The van der Waals surface area contributed by atoms with Gasteiger partial charge in [0.25, 0.3) is 0 Å². The van der Waals surface area contributed by atoms with Crippen molar-refractivity contribution in [1.82, 2.24) is 10.4 Å². The fourth-order valence-corrected chi connectivity index (χ4v) is 2.72. The topological polar surface area (TPSA) is 32.3 Å². The van der Waals surface area contributed by atoms with Crippen molar-refractivity contribution in [2.45, 2.75) is 89.2 Å². The number of carbonyl (C=O) groups is 1. The number of hydrogen-bond donors (Lipinski definition) is 1. The summed E-state index contributed by atoms with van der Waals surface area (Å²) in [6.45, 7) is 4.79. The quantitative estimate of drug-likeness (QED) is 0.222. The van der Waals surface area contributed by atoms with E-state index in [4.69, 9.17) is 0 Å². The van der Waals surface area contributed by atoms with Crippen LogP contribution in [0.25, 0.3) is 0 Å². The molecule has 0 radical (unpaired) electrons. The zero-order valence-corrected chi connectivity index (χ0v) is 17.7. The molecule has 0 bridgehead atoms. The molecule has 0 aromatic rings. The number of hydrazine groups is 1. The Balaban J connectivity index is 6.11. The van der Waals surface area contributed by atoms with E-state index in [1.54, 1.807) is 13.8 Å². The van der Waals surface area contributed by atoms with E-state index in [2.05, 4.69) is 0 Å². The number of unbranched alkanes of at least 4 members (excludes halogenated alkanes) is 2. The lowest BCUT2D eigenvalue weighted by molar-refractivity contribution is -0.425. The van der Waals surface area contributed by atoms with Gasteiger partial charge in [0.05, 0.1) is 0 Å². The molecule has 1 atom stereocenters. The van der Waals surface area contributed by atoms with Crippen molar-refractivity contribution in [3.05, 3.63) is 0 Å². The van der Waals surface area contributed by atoms with E-state index in [-0.39, 0.29) is 13.1 Å². The Morgan fingerprint density at radius 2 is 1.16 bits per heavy atom. The number of carbonyl (C=O) groups excluding carboxylic acids is 1. The Bertz CT molecular complexity index is 586. The molecule has 1 unspecified atom stereocenters. The average Bonchev–Trinajstić information content (AvgIpc) is 2.66. The normalized spacial score (nSPS) is 15.2. The Morgan fingerprint density at radius 1 is 0.719 bits per heavy atom. The van der Waals surface area contributed by atoms with E-state index in [1.165, 1.54) is 0 Å². The van der Waals surface area contributed by atoms with Crippen LogP contribution in [0.5, 0.6) is 0 Å². The minimum atomic E-state index is -7.53. The predicted octanol–water partition coefficient (Wildman–Crippen LogP) is 6.44. The molecule has 14 heteroatoms. The first-order valence-corrected chi connectivity index (χ1v) is 10.00. The molecular formula is C18H27F11N2O. The zero-order chi connectivity index (χ0) is 25.6. The lowest BCUT2D eigenvalue weighted by atomic mass is 9.86. The molecule has 0 saturated carbocycles. The van der Waals surface area contributed by atoms with Crippen LogP contribution in [0.2, 0.25) is 0 Å². The van der Waals surface area contributed by atoms with Gasteiger partial charge < -0.3 is 0 Å². The number of alkyl halides is 11. The molecule has 192 valence electrons. The fourth-order valence-electron chi connectivity index (χ4n) is 2.72. The maximum absolute atomic E-state index is 14.5. The highest BCUT2D eigenvalue weighted by Gasteiger charge is 2.88. The van der Waals surface area contributed by atoms with Gasteiger partial charge in [0, 0.05) is 13.1 Å². The van der Waals surface area contributed by atoms with E-state index >= 15 is 0 Å². The molecule has 3 nitrogen and oxygen atoms in total. The third kappa shape index (κ3) is 6.16. The van der Waals surface area contributed by atoms with Crippen LogP contribution in [-0.4, -0.2) is 53.9 Å². The average molecular weight is 496 g/mol. The fraction of sp³-hybridized carbons (Fsp3) is 0.944. The maximum Gasteiger partial charge on any atom is 0.460 e. The second-order valence-electron chi connectivity index (χ2n) is 7.36. The van der Waals surface area contributed by atoms with Gasteiger partial charge >= 0.3 is 29.9 Å². The number of amides is 1. The molecule has 0 saturated heterocycles. The summed E-state index contributed by atoms with van der Waals surface area (Å²) in [6, 6.07) is 0. The molecule has 0 aromatic heterocycles. The van der Waals surface area contributed by atoms with Crippen LogP contribution >= 0.6 is 0 Å². The molecule has 0 heterocycles. The van der Waals surface area contributed by atoms with Gasteiger partial charge in [-0.1, -0.05) is 40.0 Å². The summed E-state index contributed by atoms with van der Waals surface area (Å²) in [5, 5.41) is 1.09. The van der Waals surface area contributed by atoms with E-state index in [0.29, 0.717) is 25.7 Å². The van der Waals surface area contributed by atoms with E-state index in [0.717, 1.165) is 11.9 Å². The number of nitrogens with zero attached hydrogens (tertiary/aromatic N) is 1. The highest BCUT2D eigenvalue weighted by atomic mass is 19.4. The first-order chi connectivity index (χ1) is 14.4. The van der Waals surface area contributed by atoms with Crippen molar-refractivity contribution in [2.24, 2.45) is 5.92 Å². The minimum absolute atomic E-state index is 0.0886. The van der Waals surface area contributed by atoms with Gasteiger partial charge in [0.1, 0.15) is 5.92 Å². The lowest BCUT2D eigenvalue weighted by Gasteiger charge is -2.40. The monoisotopic (exact) mass is 496 g/mol. The minimum Gasteiger partial charge on any atom is -0.288 e. The van der Waals surface area contributed by atoms with E-state index < -0.39 is 54.5 Å². The van der Waals surface area contributed by atoms with Crippen LogP contribution in [0.1, 0.15) is 59.3 Å². The highest BCUT2D eigenvalue weighted by molar-refractivity contribution is 5.79. The van der Waals surface area contributed by atoms with Crippen molar-refractivity contribution in [1.29, 1.82) is 0 Å². The lowest BCUT2D eigenvalue weighted by Crippen LogP contribution is -2.69. The van der Waals surface area contributed by atoms with Crippen molar-refractivity contribution < 1.29 is 53.1 Å². The Kier molecular flexibility index (Phi) is 10.7. The molecule has 0 fully saturated rings. The maximum atomic E-state index is 14.5. The summed E-state index contributed by atoms with van der Waals surface area (Å²) in [6.07, 6.45) is -6.81. The van der Waals surface area contributed by atoms with Crippen LogP contribution in [0, 0.1) is 5.92 Å². The predicted molar refractivity (Wildman–Crippen MR) is 93.8 cm³/mol. The SMILES string of the molecule is CCCCN(CCCC)NC(=O)C(CCC)C(F)(F)C(F)(F)C(F)(F)C(F)(F)C(F)(F)F. The number of halogens is 11. The van der Waals surface area contributed by atoms with Crippen molar-refractivity contribution in [3.8, 4) is 0 Å². The summed E-state index contributed by atoms with van der Waals surface area (Å²) in [7, 11) is 0. The molecule has 0 spiro atoms. The molecule has 0 aliphatic heterocycles. The number of nitrogens with one attached hydrogen (secondary N) is 1. The smallest absolute Gasteiger partial charge is 0.288 e. The van der Waals surface area contributed by atoms with Crippen LogP contribution < -0.4 is 5.43 Å². The first kappa shape index (κ1) is 30.7. The van der Waals surface area contributed by atoms with Gasteiger partial charge in [0.2, 0.25) is 5.91 Å². The van der Waals surface area contributed by atoms with Crippen LogP contribution in [0.15, 0.2) is 0 Å². The third-order valence-electron chi connectivity index (χ3n) is 4.73. The van der Waals surface area contributed by atoms with E-state index in [9.17, 15) is 53.1 Å². The number of rotatable bonds is 14. The van der Waals surface area contributed by atoms with Gasteiger partial charge in [-0.2, -0.15) is 48.3 Å². The molecular weight excluding hydrogens is 469 g/mol. The molecule has 0 rings (SSSR count). The van der Waals surface area contributed by atoms with Crippen LogP contribution in [0.4, 0.5) is 48.3 Å². The van der Waals surface area contributed by atoms with Gasteiger partial charge in [-0.05, 0) is 19.3 Å². The van der Waals surface area contributed by atoms with Gasteiger partial charge in [-0.3, -0.25) is 10.2 Å². The molecule has 0 aliphatic rings. The van der Waals surface area contributed by atoms with Crippen molar-refractivity contribution in [2.75, 3.05) is 13.1 Å². The third-order valence-corrected chi connectivity index (χ3v) is 4.73. The molecule has 0 aliphatic carbocycles. The zero-order valence-electron chi connectivity index (χ0n) is 17.7. The van der Waals surface area contributed by atoms with Gasteiger partial charge in [0.15, 0.2) is 0 Å². The molecule has 1 amide bonds. The van der Waals surface area contributed by atoms with Gasteiger partial charge in [-0.25, -0.2) is 5.01 Å². The molecule has 32 heavy (non-hydrogen) atoms. The Morgan fingerprint density at radius 3 is 1.50 bits per heavy atom. The standard InChI is InChI=1S/C18H27F11N2O/c1-4-7-10-31(11-8-5-2)30-13(32)12(9-6-3)14(19,20)15(21,22)16(23,24)17(25,26)18(27,28)29/h12H,4-11H2,1-3H3,(H,30,32). The Hall–Kier alpha value is -1.34. The van der Waals surface area contributed by atoms with E-state index in [1.807, 2.05) is 5.43 Å². The summed E-state index contributed by atoms with van der Waals surface area (Å²) >= 11 is 0. The van der Waals surface area contributed by atoms with Crippen LogP contribution in [0.3, 0.4) is 0 Å². The summed E-state index contributed by atoms with van der Waals surface area (Å²) in [4.78, 5) is 12.3. The summed E-state index contributed by atoms with van der Waals surface area (Å²) < 4.78 is 147. The van der Waals surface area contributed by atoms with Crippen molar-refractivity contribution >= 4 is 5.91 Å². The molecule has 0 aromatic carbocycles.